The van der Waals surface area contributed by atoms with Crippen LogP contribution in [0.1, 0.15) is 25.1 Å². The van der Waals surface area contributed by atoms with Crippen molar-refractivity contribution in [3.05, 3.63) is 46.8 Å². The molecule has 148 valence electrons. The van der Waals surface area contributed by atoms with Crippen molar-refractivity contribution in [2.24, 2.45) is 7.05 Å². The number of piperidine rings is 1. The second-order valence-corrected chi connectivity index (χ2v) is 8.53. The van der Waals surface area contributed by atoms with Crippen LogP contribution < -0.4 is 15.4 Å². The number of benzene rings is 1. The zero-order chi connectivity index (χ0) is 19.7. The van der Waals surface area contributed by atoms with E-state index in [0.717, 1.165) is 31.7 Å². The highest BCUT2D eigenvalue weighted by Gasteiger charge is 2.18. The van der Waals surface area contributed by atoms with E-state index in [2.05, 4.69) is 19.6 Å². The van der Waals surface area contributed by atoms with Crippen LogP contribution in [0.3, 0.4) is 0 Å². The van der Waals surface area contributed by atoms with Crippen LogP contribution in [0.2, 0.25) is 0 Å². The van der Waals surface area contributed by atoms with Crippen molar-refractivity contribution in [1.29, 1.82) is 0 Å². The molecule has 1 aliphatic rings. The van der Waals surface area contributed by atoms with Crippen LogP contribution in [0.4, 0.5) is 5.82 Å². The Kier molecular flexibility index (Phi) is 4.90. The highest BCUT2D eigenvalue weighted by Crippen LogP contribution is 2.19. The lowest BCUT2D eigenvalue weighted by molar-refractivity contribution is 0.528. The third kappa shape index (κ3) is 3.65. The first-order valence-electron chi connectivity index (χ1n) is 9.10. The van der Waals surface area contributed by atoms with E-state index in [4.69, 9.17) is 4.42 Å². The second kappa shape index (κ2) is 7.36. The van der Waals surface area contributed by atoms with E-state index < -0.39 is 15.8 Å². The molecule has 4 rings (SSSR count). The maximum absolute atomic E-state index is 12.7. The zero-order valence-corrected chi connectivity index (χ0v) is 16.3. The molecular formula is C18H21N5O4S. The molecule has 9 nitrogen and oxygen atoms in total. The summed E-state index contributed by atoms with van der Waals surface area (Å²) >= 11 is 0. The van der Waals surface area contributed by atoms with Crippen molar-refractivity contribution in [3.8, 4) is 0 Å². The van der Waals surface area contributed by atoms with Gasteiger partial charge in [-0.2, -0.15) is 0 Å². The lowest BCUT2D eigenvalue weighted by Gasteiger charge is -2.27. The molecule has 1 aliphatic heterocycles. The van der Waals surface area contributed by atoms with Crippen molar-refractivity contribution in [1.82, 2.24) is 19.3 Å². The number of hydrogen-bond donors (Lipinski definition) is 1. The van der Waals surface area contributed by atoms with Gasteiger partial charge in [-0.1, -0.05) is 0 Å². The predicted molar refractivity (Wildman–Crippen MR) is 104 cm³/mol. The third-order valence-corrected chi connectivity index (χ3v) is 6.26. The van der Waals surface area contributed by atoms with Gasteiger partial charge >= 0.3 is 5.76 Å². The van der Waals surface area contributed by atoms with Crippen molar-refractivity contribution in [2.75, 3.05) is 18.0 Å². The zero-order valence-electron chi connectivity index (χ0n) is 15.5. The van der Waals surface area contributed by atoms with Gasteiger partial charge in [-0.15, -0.1) is 0 Å². The van der Waals surface area contributed by atoms with Crippen molar-refractivity contribution in [3.63, 3.8) is 0 Å². The van der Waals surface area contributed by atoms with Crippen molar-refractivity contribution >= 4 is 26.9 Å². The van der Waals surface area contributed by atoms with E-state index in [9.17, 15) is 13.2 Å². The summed E-state index contributed by atoms with van der Waals surface area (Å²) in [5, 5.41) is 0. The Morgan fingerprint density at radius 1 is 1.18 bits per heavy atom. The van der Waals surface area contributed by atoms with Gasteiger partial charge in [-0.3, -0.25) is 4.57 Å². The molecule has 10 heteroatoms. The highest BCUT2D eigenvalue weighted by atomic mass is 32.2. The lowest BCUT2D eigenvalue weighted by Crippen LogP contribution is -2.31. The first-order valence-corrected chi connectivity index (χ1v) is 10.6. The fourth-order valence-corrected chi connectivity index (χ4v) is 4.29. The van der Waals surface area contributed by atoms with Gasteiger partial charge in [0.1, 0.15) is 11.6 Å². The molecule has 3 heterocycles. The summed E-state index contributed by atoms with van der Waals surface area (Å²) in [5.41, 5.74) is 0.750. The minimum absolute atomic E-state index is 0.0215. The number of anilines is 1. The van der Waals surface area contributed by atoms with Crippen LogP contribution in [0.5, 0.6) is 0 Å². The minimum Gasteiger partial charge on any atom is -0.408 e. The molecule has 3 aromatic rings. The van der Waals surface area contributed by atoms with Gasteiger partial charge in [0.2, 0.25) is 10.0 Å². The number of nitrogens with zero attached hydrogens (tertiary/aromatic N) is 4. The molecule has 0 radical (unpaired) electrons. The number of sulfonamides is 1. The highest BCUT2D eigenvalue weighted by molar-refractivity contribution is 7.89. The van der Waals surface area contributed by atoms with E-state index in [-0.39, 0.29) is 11.4 Å². The van der Waals surface area contributed by atoms with Gasteiger partial charge in [0.15, 0.2) is 5.58 Å². The molecule has 0 atom stereocenters. The van der Waals surface area contributed by atoms with E-state index >= 15 is 0 Å². The Morgan fingerprint density at radius 2 is 1.96 bits per heavy atom. The Hall–Kier alpha value is -2.72. The summed E-state index contributed by atoms with van der Waals surface area (Å²) in [6.45, 7) is 1.88. The summed E-state index contributed by atoms with van der Waals surface area (Å²) in [6.07, 6.45) is 5.13. The molecule has 0 spiro atoms. The minimum atomic E-state index is -3.80. The van der Waals surface area contributed by atoms with Crippen LogP contribution in [0.15, 0.2) is 44.6 Å². The van der Waals surface area contributed by atoms with Crippen LogP contribution in [-0.2, 0) is 23.6 Å². The van der Waals surface area contributed by atoms with Crippen LogP contribution >= 0.6 is 0 Å². The third-order valence-electron chi connectivity index (χ3n) is 4.86. The molecule has 0 bridgehead atoms. The summed E-state index contributed by atoms with van der Waals surface area (Å²) in [6, 6.07) is 6.13. The topological polar surface area (TPSA) is 110 Å². The Balaban J connectivity index is 1.52. The molecule has 1 fully saturated rings. The lowest BCUT2D eigenvalue weighted by atomic mass is 10.1. The number of oxazole rings is 1. The molecule has 2 aromatic heterocycles. The quantitative estimate of drug-likeness (QED) is 0.685. The first-order chi connectivity index (χ1) is 13.4. The Bertz CT molecular complexity index is 1160. The summed E-state index contributed by atoms with van der Waals surface area (Å²) in [7, 11) is -2.27. The van der Waals surface area contributed by atoms with Crippen LogP contribution in [-0.4, -0.2) is 36.0 Å². The molecule has 0 aliphatic carbocycles. The van der Waals surface area contributed by atoms with Gasteiger partial charge in [-0.25, -0.2) is 27.9 Å². The van der Waals surface area contributed by atoms with Gasteiger partial charge in [0.05, 0.1) is 17.0 Å². The van der Waals surface area contributed by atoms with Gasteiger partial charge in [0, 0.05) is 26.3 Å². The Labute approximate surface area is 162 Å². The van der Waals surface area contributed by atoms with Crippen LogP contribution in [0, 0.1) is 0 Å². The van der Waals surface area contributed by atoms with Crippen molar-refractivity contribution < 1.29 is 12.8 Å². The number of fused-ring (bicyclic) bond motifs is 1. The molecule has 0 amide bonds. The number of rotatable bonds is 5. The van der Waals surface area contributed by atoms with Gasteiger partial charge in [-0.05, 0) is 43.5 Å². The average molecular weight is 403 g/mol. The van der Waals surface area contributed by atoms with Crippen molar-refractivity contribution in [2.45, 2.75) is 30.7 Å². The predicted octanol–water partition coefficient (Wildman–Crippen LogP) is 1.39. The first kappa shape index (κ1) is 18.6. The number of hydrogen-bond acceptors (Lipinski definition) is 7. The average Bonchev–Trinajstić information content (AvgIpc) is 3.01. The largest absolute Gasteiger partial charge is 0.419 e. The molecule has 1 N–H and O–H groups in total. The summed E-state index contributed by atoms with van der Waals surface area (Å²) < 4.78 is 34.1. The molecule has 1 aromatic carbocycles. The Morgan fingerprint density at radius 3 is 2.75 bits per heavy atom. The molecule has 28 heavy (non-hydrogen) atoms. The number of aromatic nitrogens is 3. The normalized spacial score (nSPS) is 15.2. The molecule has 1 saturated heterocycles. The van der Waals surface area contributed by atoms with E-state index in [1.165, 1.54) is 36.2 Å². The van der Waals surface area contributed by atoms with E-state index in [1.807, 2.05) is 6.07 Å². The molecular weight excluding hydrogens is 382 g/mol. The SMILES string of the molecule is Cn1c(=O)oc2ccc(S(=O)(=O)NCc3nccc(N4CCCCC4)n3)cc21. The van der Waals surface area contributed by atoms with E-state index in [0.29, 0.717) is 16.9 Å². The summed E-state index contributed by atoms with van der Waals surface area (Å²) in [5.74, 6) is 0.683. The van der Waals surface area contributed by atoms with E-state index in [1.54, 1.807) is 6.20 Å². The number of nitrogens with one attached hydrogen (secondary N) is 1. The fourth-order valence-electron chi connectivity index (χ4n) is 3.29. The maximum Gasteiger partial charge on any atom is 0.419 e. The summed E-state index contributed by atoms with van der Waals surface area (Å²) in [4.78, 5) is 22.5. The monoisotopic (exact) mass is 403 g/mol. The standard InChI is InChI=1S/C18H21N5O4S/c1-22-14-11-13(5-6-15(14)27-18(22)24)28(25,26)20-12-16-19-8-7-17(21-16)23-9-3-2-4-10-23/h5-8,11,20H,2-4,9-10,12H2,1H3. The maximum atomic E-state index is 12.7. The smallest absolute Gasteiger partial charge is 0.408 e. The molecule has 0 unspecified atom stereocenters. The second-order valence-electron chi connectivity index (χ2n) is 6.76. The van der Waals surface area contributed by atoms with Crippen LogP contribution in [0.25, 0.3) is 11.1 Å². The van der Waals surface area contributed by atoms with Gasteiger partial charge < -0.3 is 9.32 Å². The fraction of sp³-hybridized carbons (Fsp3) is 0.389. The molecule has 0 saturated carbocycles. The van der Waals surface area contributed by atoms with Gasteiger partial charge in [0.25, 0.3) is 0 Å². The number of aryl methyl sites for hydroxylation is 1.